The van der Waals surface area contributed by atoms with E-state index >= 15 is 0 Å². The number of nitrogens with zero attached hydrogens (tertiary/aromatic N) is 4. The second-order valence-electron chi connectivity index (χ2n) is 5.62. The Morgan fingerprint density at radius 2 is 1.92 bits per heavy atom. The van der Waals surface area contributed by atoms with Crippen LogP contribution in [0.15, 0.2) is 29.3 Å². The van der Waals surface area contributed by atoms with Crippen LogP contribution in [-0.2, 0) is 4.79 Å². The molecule has 2 rings (SSSR count). The molecule has 6 nitrogen and oxygen atoms in total. The third-order valence-electron chi connectivity index (χ3n) is 3.57. The Morgan fingerprint density at radius 1 is 1.32 bits per heavy atom. The van der Waals surface area contributed by atoms with E-state index in [1.165, 1.54) is 25.2 Å². The lowest BCUT2D eigenvalue weighted by atomic mass is 10.2. The number of benzene rings is 1. The number of rotatable bonds is 5. The standard InChI is InChI=1S/C15H16Br2ClFN4O2/c1-21(2)13(15(16,17)8-18)20-11-12(24)22(3)14(25)23(11)10-7-5-4-6-9(10)19/h4-7,13H,8H2,1-3H3. The van der Waals surface area contributed by atoms with E-state index in [1.807, 2.05) is 0 Å². The molecule has 0 bridgehead atoms. The first-order valence-electron chi connectivity index (χ1n) is 7.16. The topological polar surface area (TPSA) is 56.2 Å². The van der Waals surface area contributed by atoms with E-state index in [1.54, 1.807) is 25.1 Å². The number of anilines is 1. The number of amides is 3. The SMILES string of the molecule is CN1C(=O)C(=NC(N(C)C)C(Br)(Br)CCl)N(c2ccccc2F)C1=O. The van der Waals surface area contributed by atoms with Gasteiger partial charge in [-0.25, -0.2) is 19.1 Å². The number of hydrogen-bond donors (Lipinski definition) is 0. The van der Waals surface area contributed by atoms with Crippen LogP contribution in [0.1, 0.15) is 0 Å². The summed E-state index contributed by atoms with van der Waals surface area (Å²) in [4.78, 5) is 33.0. The van der Waals surface area contributed by atoms with Crippen molar-refractivity contribution in [2.24, 2.45) is 4.99 Å². The van der Waals surface area contributed by atoms with Crippen LogP contribution in [0, 0.1) is 5.82 Å². The van der Waals surface area contributed by atoms with Gasteiger partial charge in [0, 0.05) is 7.05 Å². The van der Waals surface area contributed by atoms with E-state index in [-0.39, 0.29) is 17.4 Å². The van der Waals surface area contributed by atoms with E-state index < -0.39 is 27.2 Å². The van der Waals surface area contributed by atoms with Gasteiger partial charge < -0.3 is 0 Å². The van der Waals surface area contributed by atoms with Gasteiger partial charge >= 0.3 is 6.03 Å². The van der Waals surface area contributed by atoms with Gasteiger partial charge in [-0.3, -0.25) is 14.6 Å². The van der Waals surface area contributed by atoms with Gasteiger partial charge in [-0.05, 0) is 26.2 Å². The van der Waals surface area contributed by atoms with E-state index in [4.69, 9.17) is 11.6 Å². The highest BCUT2D eigenvalue weighted by molar-refractivity contribution is 9.25. The summed E-state index contributed by atoms with van der Waals surface area (Å²) in [6, 6.07) is 5.03. The van der Waals surface area contributed by atoms with Crippen molar-refractivity contribution in [1.29, 1.82) is 0 Å². The first-order valence-corrected chi connectivity index (χ1v) is 9.28. The van der Waals surface area contributed by atoms with E-state index in [0.29, 0.717) is 0 Å². The van der Waals surface area contributed by atoms with Gasteiger partial charge in [-0.15, -0.1) is 11.6 Å². The third kappa shape index (κ3) is 3.89. The molecule has 0 radical (unpaired) electrons. The fourth-order valence-electron chi connectivity index (χ4n) is 2.31. The van der Waals surface area contributed by atoms with Crippen molar-refractivity contribution in [2.45, 2.75) is 9.40 Å². The average Bonchev–Trinajstić information content (AvgIpc) is 2.76. The molecule has 1 saturated heterocycles. The van der Waals surface area contributed by atoms with Crippen molar-refractivity contribution in [2.75, 3.05) is 31.9 Å². The number of likely N-dealkylation sites (N-methyl/N-ethyl adjacent to an activating group) is 1. The molecule has 1 aromatic rings. The lowest BCUT2D eigenvalue weighted by molar-refractivity contribution is -0.119. The Balaban J connectivity index is 2.60. The molecule has 1 heterocycles. The molecule has 136 valence electrons. The molecule has 1 atom stereocenters. The summed E-state index contributed by atoms with van der Waals surface area (Å²) >= 11 is 12.8. The van der Waals surface area contributed by atoms with Crippen molar-refractivity contribution in [3.63, 3.8) is 0 Å². The van der Waals surface area contributed by atoms with Gasteiger partial charge in [0.15, 0.2) is 0 Å². The summed E-state index contributed by atoms with van der Waals surface area (Å²) in [5, 5.41) is 0. The van der Waals surface area contributed by atoms with E-state index in [0.717, 1.165) is 9.80 Å². The van der Waals surface area contributed by atoms with Crippen LogP contribution in [0.5, 0.6) is 0 Å². The maximum Gasteiger partial charge on any atom is 0.337 e. The number of carbonyl (C=O) groups is 2. The molecule has 25 heavy (non-hydrogen) atoms. The Kier molecular flexibility index (Phi) is 6.24. The molecule has 1 fully saturated rings. The summed E-state index contributed by atoms with van der Waals surface area (Å²) < 4.78 is 13.4. The van der Waals surface area contributed by atoms with Crippen LogP contribution in [0.4, 0.5) is 14.9 Å². The number of alkyl halides is 3. The van der Waals surface area contributed by atoms with Gasteiger partial charge in [0.05, 0.1) is 11.6 Å². The van der Waals surface area contributed by atoms with Crippen molar-refractivity contribution in [3.05, 3.63) is 30.1 Å². The van der Waals surface area contributed by atoms with Crippen LogP contribution in [-0.4, -0.2) is 64.0 Å². The first-order chi connectivity index (χ1) is 11.6. The molecule has 3 amide bonds. The number of aliphatic imine (C=N–C) groups is 1. The molecule has 1 aromatic carbocycles. The molecule has 0 saturated carbocycles. The fraction of sp³-hybridized carbons (Fsp3) is 0.400. The van der Waals surface area contributed by atoms with E-state index in [9.17, 15) is 14.0 Å². The van der Waals surface area contributed by atoms with Gasteiger partial charge in [-0.2, -0.15) is 0 Å². The lowest BCUT2D eigenvalue weighted by Gasteiger charge is -2.31. The van der Waals surface area contributed by atoms with Crippen LogP contribution >= 0.6 is 43.5 Å². The van der Waals surface area contributed by atoms with Crippen molar-refractivity contribution >= 4 is 66.9 Å². The maximum atomic E-state index is 14.2. The second-order valence-corrected chi connectivity index (χ2v) is 9.78. The zero-order valence-corrected chi connectivity index (χ0v) is 17.6. The van der Waals surface area contributed by atoms with Crippen molar-refractivity contribution in [3.8, 4) is 0 Å². The van der Waals surface area contributed by atoms with Crippen LogP contribution in [0.25, 0.3) is 0 Å². The molecule has 0 aliphatic carbocycles. The molecule has 1 unspecified atom stereocenters. The molecule has 0 spiro atoms. The summed E-state index contributed by atoms with van der Waals surface area (Å²) in [5.41, 5.74) is -0.0397. The molecule has 10 heteroatoms. The largest absolute Gasteiger partial charge is 0.337 e. The zero-order valence-electron chi connectivity index (χ0n) is 13.7. The predicted octanol–water partition coefficient (Wildman–Crippen LogP) is 3.24. The summed E-state index contributed by atoms with van der Waals surface area (Å²) in [6.45, 7) is 0. The Labute approximate surface area is 166 Å². The number of amidine groups is 1. The summed E-state index contributed by atoms with van der Waals surface area (Å²) in [7, 11) is 4.82. The number of halogens is 4. The predicted molar refractivity (Wildman–Crippen MR) is 103 cm³/mol. The number of para-hydroxylation sites is 1. The number of hydrogen-bond acceptors (Lipinski definition) is 4. The minimum atomic E-state index is -0.844. The highest BCUT2D eigenvalue weighted by Crippen LogP contribution is 2.35. The Morgan fingerprint density at radius 3 is 2.44 bits per heavy atom. The smallest absolute Gasteiger partial charge is 0.286 e. The number of carbonyl (C=O) groups excluding carboxylic acids is 2. The van der Waals surface area contributed by atoms with Crippen LogP contribution in [0.3, 0.4) is 0 Å². The fourth-order valence-corrected chi connectivity index (χ4v) is 3.47. The number of urea groups is 1. The normalized spacial score (nSPS) is 18.6. The molecular formula is C15H16Br2ClFN4O2. The maximum absolute atomic E-state index is 14.2. The highest BCUT2D eigenvalue weighted by atomic mass is 79.9. The van der Waals surface area contributed by atoms with Crippen molar-refractivity contribution in [1.82, 2.24) is 9.80 Å². The van der Waals surface area contributed by atoms with Crippen LogP contribution < -0.4 is 4.90 Å². The zero-order chi connectivity index (χ0) is 18.9. The van der Waals surface area contributed by atoms with Crippen molar-refractivity contribution < 1.29 is 14.0 Å². The monoisotopic (exact) mass is 496 g/mol. The molecule has 1 aliphatic rings. The summed E-state index contributed by atoms with van der Waals surface area (Å²) in [5.74, 6) is -1.30. The molecule has 0 N–H and O–H groups in total. The van der Waals surface area contributed by atoms with Crippen LogP contribution in [0.2, 0.25) is 0 Å². The molecular weight excluding hydrogens is 482 g/mol. The quantitative estimate of drug-likeness (QED) is 0.463. The first kappa shape index (κ1) is 20.3. The van der Waals surface area contributed by atoms with Gasteiger partial charge in [0.1, 0.15) is 15.2 Å². The number of imide groups is 1. The Hall–Kier alpha value is -1.03. The minimum Gasteiger partial charge on any atom is -0.286 e. The Bertz CT molecular complexity index is 729. The van der Waals surface area contributed by atoms with Gasteiger partial charge in [-0.1, -0.05) is 44.0 Å². The van der Waals surface area contributed by atoms with E-state index in [2.05, 4.69) is 36.9 Å². The average molecular weight is 499 g/mol. The lowest BCUT2D eigenvalue weighted by Crippen LogP contribution is -2.44. The minimum absolute atomic E-state index is 0.0397. The van der Waals surface area contributed by atoms with Gasteiger partial charge in [0.25, 0.3) is 5.91 Å². The van der Waals surface area contributed by atoms with Gasteiger partial charge in [0.2, 0.25) is 5.84 Å². The second kappa shape index (κ2) is 7.69. The molecule has 0 aromatic heterocycles. The highest BCUT2D eigenvalue weighted by Gasteiger charge is 2.44. The molecule has 1 aliphatic heterocycles. The summed E-state index contributed by atoms with van der Waals surface area (Å²) in [6.07, 6.45) is -0.641. The third-order valence-corrected chi connectivity index (χ3v) is 6.02.